The maximum atomic E-state index is 6.29. The first-order valence-corrected chi connectivity index (χ1v) is 7.39. The molecule has 0 aromatic heterocycles. The van der Waals surface area contributed by atoms with Crippen LogP contribution in [0.1, 0.15) is 19.4 Å². The summed E-state index contributed by atoms with van der Waals surface area (Å²) < 4.78 is 6.04. The van der Waals surface area contributed by atoms with Crippen LogP contribution in [0.2, 0.25) is 5.02 Å². The van der Waals surface area contributed by atoms with Gasteiger partial charge in [0, 0.05) is 23.3 Å². The lowest BCUT2D eigenvalue weighted by atomic mass is 10.0. The highest BCUT2D eigenvalue weighted by Gasteiger charge is 2.31. The third-order valence-corrected chi connectivity index (χ3v) is 3.97. The Labute approximate surface area is 130 Å². The van der Waals surface area contributed by atoms with E-state index < -0.39 is 0 Å². The fourth-order valence-electron chi connectivity index (χ4n) is 2.72. The molecular formula is C17H19ClN2O. The second-order valence-corrected chi connectivity index (χ2v) is 6.44. The van der Waals surface area contributed by atoms with Crippen molar-refractivity contribution in [3.63, 3.8) is 0 Å². The Bertz CT molecular complexity index is 670. The number of nitrogen functional groups attached to an aromatic ring is 1. The van der Waals surface area contributed by atoms with E-state index >= 15 is 0 Å². The van der Waals surface area contributed by atoms with Crippen LogP contribution in [0.15, 0.2) is 42.5 Å². The molecular weight excluding hydrogens is 284 g/mol. The van der Waals surface area contributed by atoms with Gasteiger partial charge in [0.15, 0.2) is 0 Å². The Morgan fingerprint density at radius 3 is 2.76 bits per heavy atom. The van der Waals surface area contributed by atoms with Crippen molar-refractivity contribution in [3.8, 4) is 5.75 Å². The van der Waals surface area contributed by atoms with Crippen LogP contribution in [-0.2, 0) is 6.54 Å². The molecule has 0 saturated heterocycles. The molecule has 0 fully saturated rings. The normalized spacial score (nSPS) is 16.2. The molecule has 1 aliphatic rings. The van der Waals surface area contributed by atoms with Gasteiger partial charge in [-0.05, 0) is 37.6 Å². The number of hydrogen-bond donors (Lipinski definition) is 1. The maximum absolute atomic E-state index is 6.29. The van der Waals surface area contributed by atoms with Gasteiger partial charge in [-0.3, -0.25) is 0 Å². The highest BCUT2D eigenvalue weighted by atomic mass is 35.5. The van der Waals surface area contributed by atoms with Gasteiger partial charge in [-0.1, -0.05) is 29.8 Å². The molecule has 21 heavy (non-hydrogen) atoms. The predicted octanol–water partition coefficient (Wildman–Crippen LogP) is 4.10. The van der Waals surface area contributed by atoms with Crippen molar-refractivity contribution < 1.29 is 4.74 Å². The predicted molar refractivity (Wildman–Crippen MR) is 88.1 cm³/mol. The van der Waals surface area contributed by atoms with E-state index in [-0.39, 0.29) is 5.60 Å². The Morgan fingerprint density at radius 1 is 1.24 bits per heavy atom. The van der Waals surface area contributed by atoms with Crippen molar-refractivity contribution in [2.24, 2.45) is 0 Å². The van der Waals surface area contributed by atoms with E-state index in [1.54, 1.807) is 0 Å². The number of ether oxygens (including phenoxy) is 1. The van der Waals surface area contributed by atoms with Crippen molar-refractivity contribution in [2.45, 2.75) is 26.0 Å². The number of rotatable bonds is 2. The topological polar surface area (TPSA) is 38.5 Å². The van der Waals surface area contributed by atoms with Crippen LogP contribution in [0.25, 0.3) is 0 Å². The van der Waals surface area contributed by atoms with Gasteiger partial charge in [-0.15, -0.1) is 0 Å². The standard InChI is InChI=1S/C17H19ClN2O/c1-17(2)11-20(10-12-5-3-4-6-14(12)18)15-8-7-13(19)9-16(15)21-17/h3-9H,10-11,19H2,1-2H3. The summed E-state index contributed by atoms with van der Waals surface area (Å²) in [5.41, 5.74) is 8.49. The van der Waals surface area contributed by atoms with E-state index in [1.165, 1.54) is 0 Å². The van der Waals surface area contributed by atoms with Gasteiger partial charge in [0.1, 0.15) is 11.4 Å². The summed E-state index contributed by atoms with van der Waals surface area (Å²) in [6, 6.07) is 13.7. The second-order valence-electron chi connectivity index (χ2n) is 6.04. The molecule has 0 saturated carbocycles. The number of benzene rings is 2. The average molecular weight is 303 g/mol. The molecule has 3 nitrogen and oxygen atoms in total. The lowest BCUT2D eigenvalue weighted by molar-refractivity contribution is 0.104. The summed E-state index contributed by atoms with van der Waals surface area (Å²) in [6.45, 7) is 5.72. The van der Waals surface area contributed by atoms with E-state index in [9.17, 15) is 0 Å². The summed E-state index contributed by atoms with van der Waals surface area (Å²) in [4.78, 5) is 2.29. The van der Waals surface area contributed by atoms with E-state index in [1.807, 2.05) is 36.4 Å². The smallest absolute Gasteiger partial charge is 0.145 e. The summed E-state index contributed by atoms with van der Waals surface area (Å²) in [6.07, 6.45) is 0. The summed E-state index contributed by atoms with van der Waals surface area (Å²) in [5.74, 6) is 0.832. The van der Waals surface area contributed by atoms with Crippen molar-refractivity contribution in [2.75, 3.05) is 17.2 Å². The number of halogens is 1. The van der Waals surface area contributed by atoms with Gasteiger partial charge in [-0.2, -0.15) is 0 Å². The Morgan fingerprint density at radius 2 is 2.00 bits per heavy atom. The molecule has 0 spiro atoms. The van der Waals surface area contributed by atoms with Crippen LogP contribution in [0, 0.1) is 0 Å². The minimum atomic E-state index is -0.262. The van der Waals surface area contributed by atoms with Crippen LogP contribution >= 0.6 is 11.6 Å². The minimum Gasteiger partial charge on any atom is -0.484 e. The monoisotopic (exact) mass is 302 g/mol. The molecule has 0 aliphatic carbocycles. The zero-order valence-corrected chi connectivity index (χ0v) is 13.0. The molecule has 2 aromatic carbocycles. The zero-order chi connectivity index (χ0) is 15.0. The van der Waals surface area contributed by atoms with E-state index in [4.69, 9.17) is 22.1 Å². The van der Waals surface area contributed by atoms with Gasteiger partial charge in [0.2, 0.25) is 0 Å². The number of fused-ring (bicyclic) bond motifs is 1. The fraction of sp³-hybridized carbons (Fsp3) is 0.294. The molecule has 0 radical (unpaired) electrons. The molecule has 2 N–H and O–H groups in total. The first-order valence-electron chi connectivity index (χ1n) is 7.01. The Hall–Kier alpha value is -1.87. The van der Waals surface area contributed by atoms with Crippen molar-refractivity contribution in [1.82, 2.24) is 0 Å². The molecule has 3 rings (SSSR count). The quantitative estimate of drug-likeness (QED) is 0.849. The first-order chi connectivity index (χ1) is 9.94. The van der Waals surface area contributed by atoms with Crippen molar-refractivity contribution in [1.29, 1.82) is 0 Å². The highest BCUT2D eigenvalue weighted by Crippen LogP contribution is 2.39. The number of hydrogen-bond acceptors (Lipinski definition) is 3. The lowest BCUT2D eigenvalue weighted by Crippen LogP contribution is -2.46. The average Bonchev–Trinajstić information content (AvgIpc) is 2.39. The summed E-state index contributed by atoms with van der Waals surface area (Å²) in [7, 11) is 0. The molecule has 4 heteroatoms. The molecule has 0 atom stereocenters. The SMILES string of the molecule is CC1(C)CN(Cc2ccccc2Cl)c2ccc(N)cc2O1. The second kappa shape index (κ2) is 5.15. The zero-order valence-electron chi connectivity index (χ0n) is 12.3. The molecule has 1 aliphatic heterocycles. The molecule has 110 valence electrons. The summed E-state index contributed by atoms with van der Waals surface area (Å²) >= 11 is 6.29. The highest BCUT2D eigenvalue weighted by molar-refractivity contribution is 6.31. The van der Waals surface area contributed by atoms with E-state index in [0.717, 1.165) is 35.1 Å². The molecule has 0 amide bonds. The molecule has 2 aromatic rings. The molecule has 1 heterocycles. The third-order valence-electron chi connectivity index (χ3n) is 3.60. The maximum Gasteiger partial charge on any atom is 0.145 e. The van der Waals surface area contributed by atoms with Gasteiger partial charge in [0.05, 0.1) is 12.2 Å². The van der Waals surface area contributed by atoms with Gasteiger partial charge >= 0.3 is 0 Å². The minimum absolute atomic E-state index is 0.262. The number of nitrogens with zero attached hydrogens (tertiary/aromatic N) is 1. The van der Waals surface area contributed by atoms with Crippen LogP contribution in [0.3, 0.4) is 0 Å². The number of anilines is 2. The van der Waals surface area contributed by atoms with Crippen LogP contribution in [0.5, 0.6) is 5.75 Å². The van der Waals surface area contributed by atoms with E-state index in [0.29, 0.717) is 5.69 Å². The van der Waals surface area contributed by atoms with Crippen LogP contribution in [0.4, 0.5) is 11.4 Å². The largest absolute Gasteiger partial charge is 0.484 e. The van der Waals surface area contributed by atoms with Crippen molar-refractivity contribution >= 4 is 23.0 Å². The fourth-order valence-corrected chi connectivity index (χ4v) is 2.92. The van der Waals surface area contributed by atoms with Gasteiger partial charge in [0.25, 0.3) is 0 Å². The Kier molecular flexibility index (Phi) is 3.46. The van der Waals surface area contributed by atoms with E-state index in [2.05, 4.69) is 24.8 Å². The Balaban J connectivity index is 1.97. The lowest BCUT2D eigenvalue weighted by Gasteiger charge is -2.41. The van der Waals surface area contributed by atoms with Gasteiger partial charge < -0.3 is 15.4 Å². The molecule has 0 bridgehead atoms. The first kappa shape index (κ1) is 14.1. The molecule has 0 unspecified atom stereocenters. The number of nitrogens with two attached hydrogens (primary N) is 1. The van der Waals surface area contributed by atoms with Crippen molar-refractivity contribution in [3.05, 3.63) is 53.1 Å². The third kappa shape index (κ3) is 2.93. The van der Waals surface area contributed by atoms with Gasteiger partial charge in [-0.25, -0.2) is 0 Å². The van der Waals surface area contributed by atoms with Crippen LogP contribution in [-0.4, -0.2) is 12.1 Å². The van der Waals surface area contributed by atoms with Crippen LogP contribution < -0.4 is 15.4 Å². The summed E-state index contributed by atoms with van der Waals surface area (Å²) in [5, 5.41) is 0.791.